The first-order valence-corrected chi connectivity index (χ1v) is 11.3. The van der Waals surface area contributed by atoms with E-state index in [1.165, 1.54) is 11.3 Å². The molecule has 0 bridgehead atoms. The number of rotatable bonds is 5. The Morgan fingerprint density at radius 1 is 1.24 bits per heavy atom. The van der Waals surface area contributed by atoms with Crippen LogP contribution in [0, 0.1) is 11.7 Å². The van der Waals surface area contributed by atoms with Crippen LogP contribution >= 0.6 is 11.3 Å². The fourth-order valence-electron chi connectivity index (χ4n) is 2.50. The van der Waals surface area contributed by atoms with Crippen molar-refractivity contribution >= 4 is 33.0 Å². The minimum Gasteiger partial charge on any atom is -0.444 e. The van der Waals surface area contributed by atoms with Gasteiger partial charge in [-0.3, -0.25) is 14.7 Å². The normalized spacial score (nSPS) is 12.9. The van der Waals surface area contributed by atoms with Crippen LogP contribution < -0.4 is 4.90 Å². The number of pyridine rings is 1. The van der Waals surface area contributed by atoms with Crippen molar-refractivity contribution < 1.29 is 9.00 Å². The van der Waals surface area contributed by atoms with Crippen molar-refractivity contribution in [1.82, 2.24) is 9.97 Å². The molecule has 3 aromatic rings. The van der Waals surface area contributed by atoms with Crippen LogP contribution in [0.5, 0.6) is 0 Å². The van der Waals surface area contributed by atoms with E-state index in [0.717, 1.165) is 40.5 Å². The van der Waals surface area contributed by atoms with Gasteiger partial charge in [0, 0.05) is 24.2 Å². The molecule has 29 heavy (non-hydrogen) atoms. The molecule has 8 heteroatoms. The Kier molecular flexibility index (Phi) is 7.11. The summed E-state index contributed by atoms with van der Waals surface area (Å²) >= 11 is 1.48. The van der Waals surface area contributed by atoms with Crippen molar-refractivity contribution in [2.75, 3.05) is 11.9 Å². The van der Waals surface area contributed by atoms with Gasteiger partial charge in [0.2, 0.25) is 5.91 Å². The lowest BCUT2D eigenvalue weighted by molar-refractivity contribution is -0.117. The van der Waals surface area contributed by atoms with Gasteiger partial charge in [-0.2, -0.15) is 10.6 Å². The van der Waals surface area contributed by atoms with Crippen molar-refractivity contribution in [1.29, 1.82) is 4.78 Å². The van der Waals surface area contributed by atoms with Crippen LogP contribution in [-0.4, -0.2) is 28.2 Å². The summed E-state index contributed by atoms with van der Waals surface area (Å²) in [7, 11) is 0.511. The summed E-state index contributed by atoms with van der Waals surface area (Å²) in [5.74, 6) is 0.0323. The number of nitrogens with one attached hydrogen (secondary N) is 1. The highest BCUT2D eigenvalue weighted by atomic mass is 32.2. The Morgan fingerprint density at radius 2 is 1.97 bits per heavy atom. The molecular formula is C21H23N4O2S2-. The summed E-state index contributed by atoms with van der Waals surface area (Å²) in [5.41, 5.74) is 3.89. The third-order valence-electron chi connectivity index (χ3n) is 4.36. The van der Waals surface area contributed by atoms with Gasteiger partial charge in [0.05, 0.1) is 17.8 Å². The molecule has 0 saturated heterocycles. The Labute approximate surface area is 176 Å². The highest BCUT2D eigenvalue weighted by Crippen LogP contribution is 2.22. The SMILES string of the molecule is Cc1csc(N(C)C(=O)Cc2ccc(-c3ccccn3)cc2)n1.N=[S-](=O)C1CC1. The Morgan fingerprint density at radius 3 is 2.45 bits per heavy atom. The Bertz CT molecular complexity index is 1020. The van der Waals surface area contributed by atoms with Crippen LogP contribution in [-0.2, 0) is 26.0 Å². The summed E-state index contributed by atoms with van der Waals surface area (Å²) < 4.78 is 16.6. The second-order valence-electron chi connectivity index (χ2n) is 6.81. The number of hydrogen-bond donors (Lipinski definition) is 1. The largest absolute Gasteiger partial charge is 0.444 e. The number of carbonyl (C=O) groups is 1. The summed E-state index contributed by atoms with van der Waals surface area (Å²) in [4.78, 5) is 22.6. The Balaban J connectivity index is 0.000000343. The van der Waals surface area contributed by atoms with E-state index < -0.39 is 10.6 Å². The van der Waals surface area contributed by atoms with Gasteiger partial charge in [0.25, 0.3) is 0 Å². The predicted molar refractivity (Wildman–Crippen MR) is 117 cm³/mol. The van der Waals surface area contributed by atoms with Gasteiger partial charge < -0.3 is 8.99 Å². The average molecular weight is 428 g/mol. The molecule has 1 N–H and O–H groups in total. The lowest BCUT2D eigenvalue weighted by atomic mass is 10.1. The molecule has 4 rings (SSSR count). The van der Waals surface area contributed by atoms with E-state index in [1.807, 2.05) is 54.8 Å². The first kappa shape index (κ1) is 21.1. The van der Waals surface area contributed by atoms with Gasteiger partial charge in [-0.1, -0.05) is 48.4 Å². The monoisotopic (exact) mass is 427 g/mol. The van der Waals surface area contributed by atoms with Gasteiger partial charge in [0.1, 0.15) is 0 Å². The van der Waals surface area contributed by atoms with Crippen LogP contribution in [0.2, 0.25) is 0 Å². The number of anilines is 1. The number of likely N-dealkylation sites (N-methyl/N-ethyl adjacent to an activating group) is 1. The van der Waals surface area contributed by atoms with Gasteiger partial charge in [-0.25, -0.2) is 4.98 Å². The number of carbonyl (C=O) groups excluding carboxylic acids is 1. The smallest absolute Gasteiger partial charge is 0.232 e. The molecule has 0 unspecified atom stereocenters. The molecule has 1 fully saturated rings. The number of aryl methyl sites for hydroxylation is 1. The maximum atomic E-state index is 12.4. The third-order valence-corrected chi connectivity index (χ3v) is 6.48. The molecule has 1 saturated carbocycles. The fourth-order valence-corrected chi connectivity index (χ4v) is 3.85. The molecule has 2 heterocycles. The van der Waals surface area contributed by atoms with Gasteiger partial charge in [0.15, 0.2) is 5.13 Å². The molecule has 0 spiro atoms. The second-order valence-corrected chi connectivity index (χ2v) is 8.91. The van der Waals surface area contributed by atoms with E-state index in [2.05, 4.69) is 9.97 Å². The van der Waals surface area contributed by atoms with Crippen molar-refractivity contribution in [2.45, 2.75) is 31.4 Å². The lowest BCUT2D eigenvalue weighted by Crippen LogP contribution is -2.27. The number of nitrogens with zero attached hydrogens (tertiary/aromatic N) is 3. The van der Waals surface area contributed by atoms with E-state index in [-0.39, 0.29) is 11.2 Å². The first-order chi connectivity index (χ1) is 13.9. The average Bonchev–Trinajstić information content (AvgIpc) is 3.50. The highest BCUT2D eigenvalue weighted by molar-refractivity contribution is 7.74. The van der Waals surface area contributed by atoms with Crippen molar-refractivity contribution in [2.24, 2.45) is 0 Å². The number of hydrogen-bond acceptors (Lipinski definition) is 7. The van der Waals surface area contributed by atoms with E-state index in [1.54, 1.807) is 18.1 Å². The zero-order valence-electron chi connectivity index (χ0n) is 16.4. The zero-order chi connectivity index (χ0) is 20.8. The molecule has 1 aromatic carbocycles. The van der Waals surface area contributed by atoms with Crippen molar-refractivity contribution in [3.63, 3.8) is 0 Å². The molecule has 2 aromatic heterocycles. The number of thiazole rings is 1. The summed E-state index contributed by atoms with van der Waals surface area (Å²) in [5, 5.41) is 2.92. The van der Waals surface area contributed by atoms with Crippen LogP contribution in [0.3, 0.4) is 0 Å². The van der Waals surface area contributed by atoms with Crippen molar-refractivity contribution in [3.05, 3.63) is 65.3 Å². The van der Waals surface area contributed by atoms with E-state index in [0.29, 0.717) is 6.42 Å². The maximum absolute atomic E-state index is 12.4. The zero-order valence-corrected chi connectivity index (χ0v) is 18.0. The summed E-state index contributed by atoms with van der Waals surface area (Å²) in [6.45, 7) is 1.93. The van der Waals surface area contributed by atoms with E-state index >= 15 is 0 Å². The molecule has 1 amide bonds. The van der Waals surface area contributed by atoms with Gasteiger partial charge in [-0.05, 0) is 24.6 Å². The van der Waals surface area contributed by atoms with Crippen LogP contribution in [0.15, 0.2) is 54.0 Å². The van der Waals surface area contributed by atoms with Crippen LogP contribution in [0.25, 0.3) is 11.3 Å². The van der Waals surface area contributed by atoms with Crippen LogP contribution in [0.4, 0.5) is 5.13 Å². The molecule has 1 aliphatic carbocycles. The molecule has 1 aliphatic rings. The standard InChI is InChI=1S/C18H17N3OS.C3H6NOS/c1-13-12-23-18(20-13)21(2)17(22)11-14-6-8-15(9-7-14)16-5-3-4-10-19-16;4-6(5)3-1-2-3/h3-10,12H,11H2,1-2H3;3-4H,1-2H2/q;-1. The van der Waals surface area contributed by atoms with Crippen molar-refractivity contribution in [3.8, 4) is 11.3 Å². The summed E-state index contributed by atoms with van der Waals surface area (Å²) in [6.07, 6.45) is 4.15. The van der Waals surface area contributed by atoms with Gasteiger partial charge in [-0.15, -0.1) is 11.3 Å². The third kappa shape index (κ3) is 6.20. The van der Waals surface area contributed by atoms with E-state index in [4.69, 9.17) is 4.78 Å². The molecule has 152 valence electrons. The number of aromatic nitrogens is 2. The minimum absolute atomic E-state index is 0.0323. The topological polar surface area (TPSA) is 87.0 Å². The molecular weight excluding hydrogens is 404 g/mol. The van der Waals surface area contributed by atoms with Gasteiger partial charge >= 0.3 is 0 Å². The Hall–Kier alpha value is -2.58. The minimum atomic E-state index is -1.26. The first-order valence-electron chi connectivity index (χ1n) is 9.25. The fraction of sp³-hybridized carbons (Fsp3) is 0.286. The predicted octanol–water partition coefficient (Wildman–Crippen LogP) is 4.59. The van der Waals surface area contributed by atoms with E-state index in [9.17, 15) is 9.00 Å². The molecule has 0 aliphatic heterocycles. The maximum Gasteiger partial charge on any atom is 0.232 e. The molecule has 6 nitrogen and oxygen atoms in total. The molecule has 0 atom stereocenters. The quantitative estimate of drug-likeness (QED) is 0.603. The molecule has 0 radical (unpaired) electrons. The highest BCUT2D eigenvalue weighted by Gasteiger charge is 2.14. The second kappa shape index (κ2) is 9.76. The number of amides is 1. The number of benzene rings is 1. The summed E-state index contributed by atoms with van der Waals surface area (Å²) in [6, 6.07) is 13.8. The lowest BCUT2D eigenvalue weighted by Gasteiger charge is -2.13. The van der Waals surface area contributed by atoms with Crippen LogP contribution in [0.1, 0.15) is 24.1 Å².